The molecule has 0 aliphatic carbocycles. The number of hydrogen-bond donors (Lipinski definition) is 1. The number of carboxylic acid groups (broad SMARTS) is 1. The van der Waals surface area contributed by atoms with Crippen molar-refractivity contribution < 1.29 is 19.0 Å². The number of ether oxygens (including phenoxy) is 1. The predicted octanol–water partition coefficient (Wildman–Crippen LogP) is 4.08. The van der Waals surface area contributed by atoms with Crippen LogP contribution >= 0.6 is 11.6 Å². The molecule has 0 saturated heterocycles. The summed E-state index contributed by atoms with van der Waals surface area (Å²) in [5, 5.41) is 9.33. The summed E-state index contributed by atoms with van der Waals surface area (Å²) in [6.07, 6.45) is 0.669. The number of hydrogen-bond acceptors (Lipinski definition) is 2. The zero-order chi connectivity index (χ0) is 15.0. The summed E-state index contributed by atoms with van der Waals surface area (Å²) in [6, 6.07) is 11.2. The Morgan fingerprint density at radius 2 is 2.00 bits per heavy atom. The van der Waals surface area contributed by atoms with Crippen molar-refractivity contribution in [2.45, 2.75) is 6.10 Å². The standard InChI is InChI=1S/C16H10ClFO3/c17-12-6-5-10(8-13(12)18)15-11(16(19)20)7-9-3-1-2-4-14(9)21-15/h1-8,15H,(H,19,20). The van der Waals surface area contributed by atoms with Gasteiger partial charge in [0.1, 0.15) is 11.6 Å². The first-order chi connectivity index (χ1) is 10.1. The lowest BCUT2D eigenvalue weighted by Crippen LogP contribution is -2.20. The van der Waals surface area contributed by atoms with E-state index >= 15 is 0 Å². The summed E-state index contributed by atoms with van der Waals surface area (Å²) in [5.74, 6) is -1.16. The van der Waals surface area contributed by atoms with Crippen LogP contribution in [-0.4, -0.2) is 11.1 Å². The van der Waals surface area contributed by atoms with E-state index in [9.17, 15) is 14.3 Å². The lowest BCUT2D eigenvalue weighted by atomic mass is 9.96. The minimum atomic E-state index is -1.11. The SMILES string of the molecule is O=C(O)C1=Cc2ccccc2OC1c1ccc(Cl)c(F)c1. The van der Waals surface area contributed by atoms with E-state index in [2.05, 4.69) is 0 Å². The second-order valence-electron chi connectivity index (χ2n) is 4.61. The molecule has 1 N–H and O–H groups in total. The molecular formula is C16H10ClFO3. The maximum absolute atomic E-state index is 13.6. The monoisotopic (exact) mass is 304 g/mol. The first-order valence-electron chi connectivity index (χ1n) is 6.22. The fraction of sp³-hybridized carbons (Fsp3) is 0.0625. The highest BCUT2D eigenvalue weighted by atomic mass is 35.5. The summed E-state index contributed by atoms with van der Waals surface area (Å²) in [6.45, 7) is 0. The molecule has 0 aromatic heterocycles. The molecular weight excluding hydrogens is 295 g/mol. The number of rotatable bonds is 2. The number of aliphatic carboxylic acids is 1. The van der Waals surface area contributed by atoms with Crippen LogP contribution in [0.5, 0.6) is 5.75 Å². The second kappa shape index (κ2) is 5.22. The molecule has 106 valence electrons. The third-order valence-corrected chi connectivity index (χ3v) is 3.56. The van der Waals surface area contributed by atoms with Crippen molar-refractivity contribution in [2.24, 2.45) is 0 Å². The summed E-state index contributed by atoms with van der Waals surface area (Å²) in [7, 11) is 0. The minimum absolute atomic E-state index is 0.0178. The molecule has 2 aromatic rings. The van der Waals surface area contributed by atoms with Crippen LogP contribution in [0.1, 0.15) is 17.2 Å². The summed E-state index contributed by atoms with van der Waals surface area (Å²) < 4.78 is 19.3. The molecule has 2 aromatic carbocycles. The maximum Gasteiger partial charge on any atom is 0.335 e. The number of fused-ring (bicyclic) bond motifs is 1. The number of halogens is 2. The Hall–Kier alpha value is -2.33. The molecule has 1 aliphatic heterocycles. The number of carboxylic acids is 1. The van der Waals surface area contributed by atoms with Gasteiger partial charge in [-0.3, -0.25) is 0 Å². The average molecular weight is 305 g/mol. The van der Waals surface area contributed by atoms with Gasteiger partial charge in [-0.05, 0) is 24.3 Å². The van der Waals surface area contributed by atoms with Crippen molar-refractivity contribution in [2.75, 3.05) is 0 Å². The van der Waals surface area contributed by atoms with E-state index in [-0.39, 0.29) is 10.6 Å². The van der Waals surface area contributed by atoms with Crippen LogP contribution in [-0.2, 0) is 4.79 Å². The van der Waals surface area contributed by atoms with Crippen LogP contribution in [0.2, 0.25) is 5.02 Å². The third kappa shape index (κ3) is 2.50. The molecule has 0 radical (unpaired) electrons. The first-order valence-corrected chi connectivity index (χ1v) is 6.59. The minimum Gasteiger partial charge on any atom is -0.480 e. The maximum atomic E-state index is 13.6. The molecule has 0 amide bonds. The molecule has 1 atom stereocenters. The number of benzene rings is 2. The van der Waals surface area contributed by atoms with Crippen molar-refractivity contribution in [1.82, 2.24) is 0 Å². The highest BCUT2D eigenvalue weighted by Crippen LogP contribution is 2.37. The van der Waals surface area contributed by atoms with Gasteiger partial charge in [0.05, 0.1) is 10.6 Å². The van der Waals surface area contributed by atoms with Crippen molar-refractivity contribution in [3.8, 4) is 5.75 Å². The van der Waals surface area contributed by atoms with Gasteiger partial charge in [-0.2, -0.15) is 0 Å². The molecule has 0 spiro atoms. The van der Waals surface area contributed by atoms with Crippen molar-refractivity contribution in [3.05, 3.63) is 70.0 Å². The van der Waals surface area contributed by atoms with Crippen LogP contribution < -0.4 is 4.74 Å². The molecule has 1 unspecified atom stereocenters. The van der Waals surface area contributed by atoms with Crippen molar-refractivity contribution in [1.29, 1.82) is 0 Å². The molecule has 5 heteroatoms. The van der Waals surface area contributed by atoms with Crippen molar-refractivity contribution >= 4 is 23.6 Å². The lowest BCUT2D eigenvalue weighted by Gasteiger charge is -2.25. The molecule has 1 heterocycles. The zero-order valence-electron chi connectivity index (χ0n) is 10.7. The molecule has 0 bridgehead atoms. The fourth-order valence-electron chi connectivity index (χ4n) is 2.24. The van der Waals surface area contributed by atoms with Gasteiger partial charge < -0.3 is 9.84 Å². The van der Waals surface area contributed by atoms with Gasteiger partial charge in [-0.1, -0.05) is 35.9 Å². The summed E-state index contributed by atoms with van der Waals surface area (Å²) in [4.78, 5) is 11.4. The third-order valence-electron chi connectivity index (χ3n) is 3.25. The van der Waals surface area contributed by atoms with Gasteiger partial charge in [-0.25, -0.2) is 9.18 Å². The molecule has 3 rings (SSSR count). The highest BCUT2D eigenvalue weighted by molar-refractivity contribution is 6.30. The Bertz CT molecular complexity index is 755. The van der Waals surface area contributed by atoms with Gasteiger partial charge in [0.2, 0.25) is 0 Å². The Kier molecular flexibility index (Phi) is 3.39. The molecule has 21 heavy (non-hydrogen) atoms. The fourth-order valence-corrected chi connectivity index (χ4v) is 2.36. The van der Waals surface area contributed by atoms with E-state index < -0.39 is 17.9 Å². The first kappa shape index (κ1) is 13.6. The molecule has 3 nitrogen and oxygen atoms in total. The topological polar surface area (TPSA) is 46.5 Å². The average Bonchev–Trinajstić information content (AvgIpc) is 2.48. The Balaban J connectivity index is 2.10. The summed E-state index contributed by atoms with van der Waals surface area (Å²) >= 11 is 5.65. The van der Waals surface area contributed by atoms with Crippen LogP contribution in [0.4, 0.5) is 4.39 Å². The van der Waals surface area contributed by atoms with E-state index in [0.717, 1.165) is 0 Å². The Morgan fingerprint density at radius 3 is 2.71 bits per heavy atom. The quantitative estimate of drug-likeness (QED) is 0.909. The van der Waals surface area contributed by atoms with E-state index in [1.165, 1.54) is 12.1 Å². The van der Waals surface area contributed by atoms with Crippen molar-refractivity contribution in [3.63, 3.8) is 0 Å². The predicted molar refractivity (Wildman–Crippen MR) is 76.8 cm³/mol. The van der Waals surface area contributed by atoms with E-state index in [1.54, 1.807) is 36.4 Å². The van der Waals surface area contributed by atoms with E-state index in [4.69, 9.17) is 16.3 Å². The molecule has 1 aliphatic rings. The Morgan fingerprint density at radius 1 is 1.24 bits per heavy atom. The highest BCUT2D eigenvalue weighted by Gasteiger charge is 2.29. The van der Waals surface area contributed by atoms with Gasteiger partial charge in [-0.15, -0.1) is 0 Å². The molecule has 0 saturated carbocycles. The van der Waals surface area contributed by atoms with Crippen LogP contribution in [0.15, 0.2) is 48.0 Å². The second-order valence-corrected chi connectivity index (χ2v) is 5.02. The van der Waals surface area contributed by atoms with Gasteiger partial charge in [0.25, 0.3) is 0 Å². The van der Waals surface area contributed by atoms with E-state index in [1.807, 2.05) is 0 Å². The van der Waals surface area contributed by atoms with Gasteiger partial charge >= 0.3 is 5.97 Å². The number of carbonyl (C=O) groups is 1. The Labute approximate surface area is 125 Å². The van der Waals surface area contributed by atoms with Gasteiger partial charge in [0, 0.05) is 11.1 Å². The van der Waals surface area contributed by atoms with Gasteiger partial charge in [0.15, 0.2) is 6.10 Å². The largest absolute Gasteiger partial charge is 0.480 e. The lowest BCUT2D eigenvalue weighted by molar-refractivity contribution is -0.133. The van der Waals surface area contributed by atoms with E-state index in [0.29, 0.717) is 16.9 Å². The number of para-hydroxylation sites is 1. The normalized spacial score (nSPS) is 16.7. The smallest absolute Gasteiger partial charge is 0.335 e. The zero-order valence-corrected chi connectivity index (χ0v) is 11.5. The summed E-state index contributed by atoms with van der Waals surface area (Å²) in [5.41, 5.74) is 1.14. The molecule has 0 fully saturated rings. The van der Waals surface area contributed by atoms with Crippen LogP contribution in [0.25, 0.3) is 6.08 Å². The van der Waals surface area contributed by atoms with Crippen LogP contribution in [0.3, 0.4) is 0 Å². The van der Waals surface area contributed by atoms with Crippen LogP contribution in [0, 0.1) is 5.82 Å².